The summed E-state index contributed by atoms with van der Waals surface area (Å²) in [4.78, 5) is 13.2. The van der Waals surface area contributed by atoms with Crippen molar-refractivity contribution in [3.63, 3.8) is 0 Å². The zero-order valence-corrected chi connectivity index (χ0v) is 18.6. The van der Waals surface area contributed by atoms with Crippen molar-refractivity contribution < 1.29 is 4.74 Å². The lowest BCUT2D eigenvalue weighted by Gasteiger charge is -2.21. The molecule has 1 saturated carbocycles. The third-order valence-electron chi connectivity index (χ3n) is 4.51. The van der Waals surface area contributed by atoms with Crippen molar-refractivity contribution in [2.75, 3.05) is 33.4 Å². The van der Waals surface area contributed by atoms with E-state index in [2.05, 4.69) is 24.2 Å². The summed E-state index contributed by atoms with van der Waals surface area (Å²) in [5.41, 5.74) is 1.34. The van der Waals surface area contributed by atoms with Crippen LogP contribution in [0, 0.1) is 5.92 Å². The number of nitrogens with zero attached hydrogens (tertiary/aromatic N) is 3. The van der Waals surface area contributed by atoms with Crippen LogP contribution in [0.1, 0.15) is 48.2 Å². The first kappa shape index (κ1) is 20.9. The Kier molecular flexibility index (Phi) is 8.92. The molecule has 0 amide bonds. The molecule has 0 aromatic carbocycles. The average molecular weight is 478 g/mol. The molecule has 0 saturated heterocycles. The highest BCUT2D eigenvalue weighted by atomic mass is 127. The first-order valence-corrected chi connectivity index (χ1v) is 10.1. The van der Waals surface area contributed by atoms with Crippen molar-refractivity contribution >= 4 is 41.3 Å². The molecule has 0 atom stereocenters. The topological polar surface area (TPSA) is 49.8 Å². The number of thiazole rings is 1. The number of ether oxygens (including phenoxy) is 1. The van der Waals surface area contributed by atoms with Crippen LogP contribution in [0.3, 0.4) is 0 Å². The molecule has 2 aliphatic rings. The molecule has 0 bridgehead atoms. The van der Waals surface area contributed by atoms with Crippen LogP contribution >= 0.6 is 35.3 Å². The number of hydrogen-bond acceptors (Lipinski definition) is 4. The lowest BCUT2D eigenvalue weighted by Crippen LogP contribution is -2.38. The van der Waals surface area contributed by atoms with Gasteiger partial charge in [-0.2, -0.15) is 0 Å². The highest BCUT2D eigenvalue weighted by molar-refractivity contribution is 14.0. The number of aliphatic imine (C=N–C) groups is 1. The van der Waals surface area contributed by atoms with Crippen LogP contribution in [0.15, 0.2) is 4.99 Å². The number of aromatic nitrogens is 1. The van der Waals surface area contributed by atoms with Crippen molar-refractivity contribution in [2.24, 2.45) is 10.9 Å². The van der Waals surface area contributed by atoms with Gasteiger partial charge < -0.3 is 15.0 Å². The molecule has 1 N–H and O–H groups in total. The normalized spacial score (nSPS) is 17.0. The van der Waals surface area contributed by atoms with Gasteiger partial charge in [-0.3, -0.25) is 4.99 Å². The maximum Gasteiger partial charge on any atom is 0.194 e. The van der Waals surface area contributed by atoms with E-state index in [1.165, 1.54) is 47.7 Å². The Morgan fingerprint density at radius 2 is 2.16 bits per heavy atom. The van der Waals surface area contributed by atoms with Crippen molar-refractivity contribution in [1.29, 1.82) is 0 Å². The van der Waals surface area contributed by atoms with Gasteiger partial charge >= 0.3 is 0 Å². The second kappa shape index (κ2) is 10.7. The fourth-order valence-corrected chi connectivity index (χ4v) is 4.18. The minimum absolute atomic E-state index is 0. The third kappa shape index (κ3) is 6.67. The number of fused-ring (bicyclic) bond motifs is 1. The summed E-state index contributed by atoms with van der Waals surface area (Å²) in [6.45, 7) is 6.15. The molecule has 142 valence electrons. The third-order valence-corrected chi connectivity index (χ3v) is 5.65. The Bertz CT molecular complexity index is 536. The number of hydrogen-bond donors (Lipinski definition) is 1. The summed E-state index contributed by atoms with van der Waals surface area (Å²) in [7, 11) is 2.09. The minimum atomic E-state index is 0. The quantitative estimate of drug-likeness (QED) is 0.269. The molecule has 1 aromatic rings. The Labute approximate surface area is 172 Å². The Morgan fingerprint density at radius 3 is 2.88 bits per heavy atom. The molecule has 7 heteroatoms. The predicted octanol–water partition coefficient (Wildman–Crippen LogP) is 3.46. The Morgan fingerprint density at radius 1 is 1.36 bits per heavy atom. The molecule has 1 aromatic heterocycles. The van der Waals surface area contributed by atoms with E-state index in [1.807, 2.05) is 11.3 Å². The van der Waals surface area contributed by atoms with Crippen LogP contribution < -0.4 is 5.32 Å². The van der Waals surface area contributed by atoms with Gasteiger partial charge in [-0.15, -0.1) is 35.3 Å². The standard InChI is InChI=1S/C18H30N4OS.HI/c1-3-19-18(20-10-11-23-13-14-8-9-14)22(2)12-17-21-15-6-4-5-7-16(15)24-17;/h14H,3-13H2,1-2H3,(H,19,20);1H. The Hall–Kier alpha value is -0.410. The van der Waals surface area contributed by atoms with E-state index in [0.29, 0.717) is 13.2 Å². The largest absolute Gasteiger partial charge is 0.379 e. The van der Waals surface area contributed by atoms with Crippen molar-refractivity contribution in [2.45, 2.75) is 52.0 Å². The fraction of sp³-hybridized carbons (Fsp3) is 0.778. The van der Waals surface area contributed by atoms with E-state index in [4.69, 9.17) is 14.7 Å². The highest BCUT2D eigenvalue weighted by Gasteiger charge is 2.21. The number of guanidine groups is 1. The first-order valence-electron chi connectivity index (χ1n) is 9.31. The summed E-state index contributed by atoms with van der Waals surface area (Å²) in [6.07, 6.45) is 7.65. The number of aryl methyl sites for hydroxylation is 2. The summed E-state index contributed by atoms with van der Waals surface area (Å²) < 4.78 is 5.68. The van der Waals surface area contributed by atoms with Crippen LogP contribution in [-0.2, 0) is 24.1 Å². The lowest BCUT2D eigenvalue weighted by atomic mass is 10.0. The molecule has 5 nitrogen and oxygen atoms in total. The van der Waals surface area contributed by atoms with Gasteiger partial charge in [0.25, 0.3) is 0 Å². The second-order valence-corrected chi connectivity index (χ2v) is 7.96. The van der Waals surface area contributed by atoms with Gasteiger partial charge in [0.05, 0.1) is 25.4 Å². The van der Waals surface area contributed by atoms with Gasteiger partial charge in [-0.05, 0) is 51.4 Å². The average Bonchev–Trinajstić information content (AvgIpc) is 3.31. The summed E-state index contributed by atoms with van der Waals surface area (Å²) in [6, 6.07) is 0. The molecule has 0 spiro atoms. The van der Waals surface area contributed by atoms with E-state index in [9.17, 15) is 0 Å². The van der Waals surface area contributed by atoms with E-state index in [1.54, 1.807) is 0 Å². The van der Waals surface area contributed by atoms with Crippen LogP contribution in [-0.4, -0.2) is 49.2 Å². The summed E-state index contributed by atoms with van der Waals surface area (Å²) in [5, 5.41) is 4.58. The molecule has 0 radical (unpaired) electrons. The molecule has 3 rings (SSSR count). The smallest absolute Gasteiger partial charge is 0.194 e. The molecule has 0 aliphatic heterocycles. The van der Waals surface area contributed by atoms with Gasteiger partial charge in [0.1, 0.15) is 5.01 Å². The van der Waals surface area contributed by atoms with E-state index in [-0.39, 0.29) is 24.0 Å². The SMILES string of the molecule is CCNC(=NCCOCC1CC1)N(C)Cc1nc2c(s1)CCCC2.I. The van der Waals surface area contributed by atoms with Crippen LogP contribution in [0.25, 0.3) is 0 Å². The zero-order valence-electron chi connectivity index (χ0n) is 15.4. The van der Waals surface area contributed by atoms with Crippen molar-refractivity contribution in [3.05, 3.63) is 15.6 Å². The van der Waals surface area contributed by atoms with Gasteiger partial charge in [0, 0.05) is 25.1 Å². The van der Waals surface area contributed by atoms with Gasteiger partial charge in [-0.25, -0.2) is 4.98 Å². The van der Waals surface area contributed by atoms with Crippen molar-refractivity contribution in [1.82, 2.24) is 15.2 Å². The Balaban J connectivity index is 0.00000225. The molecular weight excluding hydrogens is 447 g/mol. The van der Waals surface area contributed by atoms with Crippen LogP contribution in [0.4, 0.5) is 0 Å². The zero-order chi connectivity index (χ0) is 16.8. The first-order chi connectivity index (χ1) is 11.8. The maximum atomic E-state index is 5.68. The maximum absolute atomic E-state index is 5.68. The van der Waals surface area contributed by atoms with Crippen molar-refractivity contribution in [3.8, 4) is 0 Å². The van der Waals surface area contributed by atoms with E-state index >= 15 is 0 Å². The summed E-state index contributed by atoms with van der Waals surface area (Å²) in [5.74, 6) is 1.77. The molecular formula is C18H31IN4OS. The molecule has 1 heterocycles. The van der Waals surface area contributed by atoms with Gasteiger partial charge in [0.15, 0.2) is 5.96 Å². The van der Waals surface area contributed by atoms with Gasteiger partial charge in [-0.1, -0.05) is 0 Å². The molecule has 1 fully saturated rings. The monoisotopic (exact) mass is 478 g/mol. The molecule has 25 heavy (non-hydrogen) atoms. The minimum Gasteiger partial charge on any atom is -0.379 e. The second-order valence-electron chi connectivity index (χ2n) is 6.79. The van der Waals surface area contributed by atoms with Gasteiger partial charge in [0.2, 0.25) is 0 Å². The number of nitrogens with one attached hydrogen (secondary N) is 1. The predicted molar refractivity (Wildman–Crippen MR) is 115 cm³/mol. The molecule has 0 unspecified atom stereocenters. The van der Waals surface area contributed by atoms with Crippen LogP contribution in [0.5, 0.6) is 0 Å². The lowest BCUT2D eigenvalue weighted by molar-refractivity contribution is 0.131. The number of rotatable bonds is 8. The van der Waals surface area contributed by atoms with E-state index < -0.39 is 0 Å². The highest BCUT2D eigenvalue weighted by Crippen LogP contribution is 2.28. The summed E-state index contributed by atoms with van der Waals surface area (Å²) >= 11 is 1.88. The molecule has 2 aliphatic carbocycles. The number of halogens is 1. The van der Waals surface area contributed by atoms with E-state index in [0.717, 1.165) is 38.0 Å². The van der Waals surface area contributed by atoms with Crippen LogP contribution in [0.2, 0.25) is 0 Å². The fourth-order valence-electron chi connectivity index (χ4n) is 2.97.